The summed E-state index contributed by atoms with van der Waals surface area (Å²) in [5, 5.41) is 7.12. The Labute approximate surface area is 183 Å². The summed E-state index contributed by atoms with van der Waals surface area (Å²) in [5.41, 5.74) is 2.90. The van der Waals surface area contributed by atoms with Gasteiger partial charge >= 0.3 is 0 Å². The molecule has 1 amide bonds. The lowest BCUT2D eigenvalue weighted by atomic mass is 9.79. The van der Waals surface area contributed by atoms with Crippen molar-refractivity contribution in [3.05, 3.63) is 23.7 Å². The van der Waals surface area contributed by atoms with E-state index in [1.165, 1.54) is 12.8 Å². The van der Waals surface area contributed by atoms with Crippen molar-refractivity contribution < 1.29 is 14.1 Å². The Hall–Kier alpha value is -2.48. The van der Waals surface area contributed by atoms with E-state index in [1.807, 2.05) is 19.2 Å². The van der Waals surface area contributed by atoms with Crippen molar-refractivity contribution in [2.24, 2.45) is 5.92 Å². The molecular formula is C23H33N5O3. The first kappa shape index (κ1) is 21.7. The summed E-state index contributed by atoms with van der Waals surface area (Å²) in [7, 11) is 1.62. The molecule has 8 heteroatoms. The Balaban J connectivity index is 1.45. The Bertz CT molecular complexity index is 870. The number of rotatable bonds is 8. The number of amides is 1. The number of nitrogens with zero attached hydrogens (tertiary/aromatic N) is 4. The van der Waals surface area contributed by atoms with Gasteiger partial charge in [-0.25, -0.2) is 9.97 Å². The third-order valence-electron chi connectivity index (χ3n) is 6.44. The van der Waals surface area contributed by atoms with Gasteiger partial charge in [0.1, 0.15) is 0 Å². The minimum atomic E-state index is 0.0676. The van der Waals surface area contributed by atoms with E-state index >= 15 is 0 Å². The minimum absolute atomic E-state index is 0.0676. The van der Waals surface area contributed by atoms with Crippen molar-refractivity contribution in [2.45, 2.75) is 57.8 Å². The molecule has 0 bridgehead atoms. The third-order valence-corrected chi connectivity index (χ3v) is 6.44. The number of anilines is 1. The first-order valence-corrected chi connectivity index (χ1v) is 11.4. The predicted octanol–water partition coefficient (Wildman–Crippen LogP) is 3.47. The highest BCUT2D eigenvalue weighted by molar-refractivity contribution is 5.75. The molecule has 1 saturated carbocycles. The first-order valence-electron chi connectivity index (χ1n) is 11.4. The van der Waals surface area contributed by atoms with Gasteiger partial charge in [-0.05, 0) is 51.4 Å². The summed E-state index contributed by atoms with van der Waals surface area (Å²) in [6.07, 6.45) is 8.99. The van der Waals surface area contributed by atoms with Crippen LogP contribution in [0, 0.1) is 12.8 Å². The molecule has 2 aromatic rings. The van der Waals surface area contributed by atoms with Crippen LogP contribution in [0.4, 0.5) is 5.95 Å². The number of aryl methyl sites for hydroxylation is 1. The van der Waals surface area contributed by atoms with Crippen LogP contribution in [-0.4, -0.2) is 54.4 Å². The van der Waals surface area contributed by atoms with Crippen molar-refractivity contribution in [3.8, 4) is 11.3 Å². The Morgan fingerprint density at radius 2 is 2.03 bits per heavy atom. The number of ether oxygens (including phenoxy) is 1. The Morgan fingerprint density at radius 3 is 2.71 bits per heavy atom. The van der Waals surface area contributed by atoms with E-state index in [1.54, 1.807) is 7.11 Å². The molecule has 4 rings (SSSR count). The molecule has 2 fully saturated rings. The van der Waals surface area contributed by atoms with Gasteiger partial charge in [0.05, 0.1) is 23.6 Å². The zero-order valence-electron chi connectivity index (χ0n) is 18.6. The average Bonchev–Trinajstić information content (AvgIpc) is 3.48. The van der Waals surface area contributed by atoms with Crippen molar-refractivity contribution >= 4 is 11.9 Å². The fourth-order valence-electron chi connectivity index (χ4n) is 4.63. The molecule has 168 valence electrons. The fraction of sp³-hybridized carbons (Fsp3) is 0.652. The molecule has 0 aromatic carbocycles. The molecule has 8 nitrogen and oxygen atoms in total. The van der Waals surface area contributed by atoms with E-state index < -0.39 is 0 Å². The van der Waals surface area contributed by atoms with Crippen molar-refractivity contribution in [1.82, 2.24) is 20.4 Å². The van der Waals surface area contributed by atoms with Crippen molar-refractivity contribution in [3.63, 3.8) is 0 Å². The number of carbonyl (C=O) groups is 1. The molecule has 2 aromatic heterocycles. The predicted molar refractivity (Wildman–Crippen MR) is 118 cm³/mol. The second kappa shape index (κ2) is 10.2. The van der Waals surface area contributed by atoms with Gasteiger partial charge in [0.25, 0.3) is 0 Å². The van der Waals surface area contributed by atoms with E-state index in [0.717, 1.165) is 74.0 Å². The van der Waals surface area contributed by atoms with E-state index in [9.17, 15) is 4.79 Å². The van der Waals surface area contributed by atoms with Gasteiger partial charge in [-0.3, -0.25) is 4.79 Å². The number of methoxy groups -OCH3 is 1. The summed E-state index contributed by atoms with van der Waals surface area (Å²) >= 11 is 0. The summed E-state index contributed by atoms with van der Waals surface area (Å²) in [5.74, 6) is 2.52. The van der Waals surface area contributed by atoms with Gasteiger partial charge in [0, 0.05) is 51.3 Å². The maximum Gasteiger partial charge on any atom is 0.225 e. The van der Waals surface area contributed by atoms with Gasteiger partial charge in [-0.2, -0.15) is 0 Å². The van der Waals surface area contributed by atoms with Crippen molar-refractivity contribution in [2.75, 3.05) is 38.3 Å². The number of carbonyl (C=O) groups excluding carboxylic acids is 1. The Kier molecular flexibility index (Phi) is 7.17. The minimum Gasteiger partial charge on any atom is -0.384 e. The van der Waals surface area contributed by atoms with Gasteiger partial charge in [-0.15, -0.1) is 0 Å². The molecule has 0 atom stereocenters. The van der Waals surface area contributed by atoms with Crippen LogP contribution in [0.1, 0.15) is 62.3 Å². The normalized spacial score (nSPS) is 21.4. The standard InChI is InChI=1S/C23H33N5O3/c1-16-13-20(31-27-16)19-15-25-23(28-10-3-4-11-28)26-22(19)18-7-5-17(6-8-18)14-24-21(29)9-12-30-2/h13,15,17-18H,3-12,14H2,1-2H3,(H,24,29). The van der Waals surface area contributed by atoms with E-state index in [2.05, 4.69) is 20.4 Å². The number of hydrogen-bond acceptors (Lipinski definition) is 7. The van der Waals surface area contributed by atoms with Gasteiger partial charge < -0.3 is 19.5 Å². The molecule has 1 aliphatic heterocycles. The number of nitrogens with one attached hydrogen (secondary N) is 1. The maximum absolute atomic E-state index is 11.9. The second-order valence-corrected chi connectivity index (χ2v) is 8.76. The second-order valence-electron chi connectivity index (χ2n) is 8.76. The maximum atomic E-state index is 11.9. The molecule has 0 radical (unpaired) electrons. The van der Waals surface area contributed by atoms with E-state index in [-0.39, 0.29) is 5.91 Å². The van der Waals surface area contributed by atoms with E-state index in [0.29, 0.717) is 24.9 Å². The van der Waals surface area contributed by atoms with Gasteiger partial charge in [0.2, 0.25) is 11.9 Å². The lowest BCUT2D eigenvalue weighted by Gasteiger charge is -2.29. The molecule has 1 aliphatic carbocycles. The van der Waals surface area contributed by atoms with Gasteiger partial charge in [-0.1, -0.05) is 5.16 Å². The molecular weight excluding hydrogens is 394 g/mol. The number of hydrogen-bond donors (Lipinski definition) is 1. The molecule has 1 saturated heterocycles. The smallest absolute Gasteiger partial charge is 0.225 e. The van der Waals surface area contributed by atoms with Crippen LogP contribution in [0.25, 0.3) is 11.3 Å². The molecule has 0 unspecified atom stereocenters. The van der Waals surface area contributed by atoms with Crippen LogP contribution in [-0.2, 0) is 9.53 Å². The fourth-order valence-corrected chi connectivity index (χ4v) is 4.63. The highest BCUT2D eigenvalue weighted by Crippen LogP contribution is 2.39. The molecule has 0 spiro atoms. The largest absolute Gasteiger partial charge is 0.384 e. The van der Waals surface area contributed by atoms with Crippen LogP contribution in [0.2, 0.25) is 0 Å². The van der Waals surface area contributed by atoms with Crippen LogP contribution < -0.4 is 10.2 Å². The molecule has 1 N–H and O–H groups in total. The topological polar surface area (TPSA) is 93.4 Å². The van der Waals surface area contributed by atoms with Crippen LogP contribution >= 0.6 is 0 Å². The summed E-state index contributed by atoms with van der Waals surface area (Å²) in [6.45, 7) is 5.19. The van der Waals surface area contributed by atoms with Gasteiger partial charge in [0.15, 0.2) is 5.76 Å². The zero-order valence-corrected chi connectivity index (χ0v) is 18.6. The summed E-state index contributed by atoms with van der Waals surface area (Å²) in [6, 6.07) is 1.96. The highest BCUT2D eigenvalue weighted by Gasteiger charge is 2.28. The Morgan fingerprint density at radius 1 is 1.26 bits per heavy atom. The summed E-state index contributed by atoms with van der Waals surface area (Å²) in [4.78, 5) is 23.8. The van der Waals surface area contributed by atoms with Crippen LogP contribution in [0.5, 0.6) is 0 Å². The molecule has 3 heterocycles. The van der Waals surface area contributed by atoms with E-state index in [4.69, 9.17) is 14.2 Å². The third kappa shape index (κ3) is 5.42. The quantitative estimate of drug-likeness (QED) is 0.689. The monoisotopic (exact) mass is 427 g/mol. The lowest BCUT2D eigenvalue weighted by Crippen LogP contribution is -2.31. The van der Waals surface area contributed by atoms with Crippen molar-refractivity contribution in [1.29, 1.82) is 0 Å². The average molecular weight is 428 g/mol. The lowest BCUT2D eigenvalue weighted by molar-refractivity contribution is -0.122. The number of aromatic nitrogens is 3. The zero-order chi connectivity index (χ0) is 21.6. The molecule has 31 heavy (non-hydrogen) atoms. The first-order chi connectivity index (χ1) is 15.1. The highest BCUT2D eigenvalue weighted by atomic mass is 16.5. The SMILES string of the molecule is COCCC(=O)NCC1CCC(c2nc(N3CCCC3)ncc2-c2cc(C)no2)CC1. The van der Waals surface area contributed by atoms with Crippen LogP contribution in [0.3, 0.4) is 0 Å². The van der Waals surface area contributed by atoms with Crippen LogP contribution in [0.15, 0.2) is 16.8 Å². The molecule has 2 aliphatic rings. The summed E-state index contributed by atoms with van der Waals surface area (Å²) < 4.78 is 10.5.